The van der Waals surface area contributed by atoms with E-state index in [-0.39, 0.29) is 0 Å². The van der Waals surface area contributed by atoms with E-state index in [1.807, 2.05) is 6.20 Å². The standard InChI is InChI=1S/C17H31N3/c1-7-8-18-10-16-11-19-15(6)9-17(16)20(14(4)5)12-13(2)3/h9,11,13-14,18H,7-8,10,12H2,1-6H3. The molecular formula is C17H31N3. The quantitative estimate of drug-likeness (QED) is 0.733. The second-order valence-corrected chi connectivity index (χ2v) is 6.27. The Kier molecular flexibility index (Phi) is 7.00. The molecule has 20 heavy (non-hydrogen) atoms. The van der Waals surface area contributed by atoms with Gasteiger partial charge in [0.25, 0.3) is 0 Å². The third kappa shape index (κ3) is 5.12. The lowest BCUT2D eigenvalue weighted by Crippen LogP contribution is -2.35. The number of pyridine rings is 1. The lowest BCUT2D eigenvalue weighted by Gasteiger charge is -2.32. The number of nitrogens with zero attached hydrogens (tertiary/aromatic N) is 2. The fraction of sp³-hybridized carbons (Fsp3) is 0.706. The highest BCUT2D eigenvalue weighted by Crippen LogP contribution is 2.24. The molecule has 1 heterocycles. The molecule has 0 radical (unpaired) electrons. The van der Waals surface area contributed by atoms with Crippen molar-refractivity contribution in [1.29, 1.82) is 0 Å². The number of hydrogen-bond acceptors (Lipinski definition) is 3. The monoisotopic (exact) mass is 277 g/mol. The molecule has 114 valence electrons. The van der Waals surface area contributed by atoms with Crippen LogP contribution in [-0.4, -0.2) is 24.1 Å². The molecule has 1 aromatic heterocycles. The van der Waals surface area contributed by atoms with Crippen LogP contribution in [0.25, 0.3) is 0 Å². The van der Waals surface area contributed by atoms with Crippen molar-refractivity contribution in [2.24, 2.45) is 5.92 Å². The number of nitrogens with one attached hydrogen (secondary N) is 1. The first-order chi connectivity index (χ1) is 9.45. The maximum atomic E-state index is 4.47. The topological polar surface area (TPSA) is 28.2 Å². The SMILES string of the molecule is CCCNCc1cnc(C)cc1N(CC(C)C)C(C)C. The highest BCUT2D eigenvalue weighted by Gasteiger charge is 2.16. The number of hydrogen-bond donors (Lipinski definition) is 1. The van der Waals surface area contributed by atoms with Gasteiger partial charge in [-0.25, -0.2) is 0 Å². The smallest absolute Gasteiger partial charge is 0.0447 e. The molecule has 0 aromatic carbocycles. The maximum absolute atomic E-state index is 4.47. The predicted molar refractivity (Wildman–Crippen MR) is 88.3 cm³/mol. The summed E-state index contributed by atoms with van der Waals surface area (Å²) in [5, 5.41) is 3.49. The normalized spacial score (nSPS) is 11.4. The van der Waals surface area contributed by atoms with Gasteiger partial charge in [0.2, 0.25) is 0 Å². The van der Waals surface area contributed by atoms with Crippen LogP contribution in [0.3, 0.4) is 0 Å². The van der Waals surface area contributed by atoms with Crippen molar-refractivity contribution in [1.82, 2.24) is 10.3 Å². The van der Waals surface area contributed by atoms with Crippen LogP contribution in [0.4, 0.5) is 5.69 Å². The molecule has 0 saturated carbocycles. The molecule has 0 bridgehead atoms. The molecule has 0 aliphatic heterocycles. The number of anilines is 1. The van der Waals surface area contributed by atoms with Crippen molar-refractivity contribution in [2.75, 3.05) is 18.0 Å². The van der Waals surface area contributed by atoms with Gasteiger partial charge in [-0.3, -0.25) is 4.98 Å². The van der Waals surface area contributed by atoms with Crippen LogP contribution >= 0.6 is 0 Å². The fourth-order valence-corrected chi connectivity index (χ4v) is 2.36. The zero-order chi connectivity index (χ0) is 15.1. The van der Waals surface area contributed by atoms with Crippen LogP contribution in [0.15, 0.2) is 12.3 Å². The van der Waals surface area contributed by atoms with E-state index >= 15 is 0 Å². The molecule has 0 saturated heterocycles. The first-order valence-corrected chi connectivity index (χ1v) is 7.88. The van der Waals surface area contributed by atoms with Crippen molar-refractivity contribution >= 4 is 5.69 Å². The van der Waals surface area contributed by atoms with Gasteiger partial charge in [-0.2, -0.15) is 0 Å². The van der Waals surface area contributed by atoms with Crippen molar-refractivity contribution in [3.05, 3.63) is 23.5 Å². The van der Waals surface area contributed by atoms with Gasteiger partial charge in [-0.15, -0.1) is 0 Å². The Labute approximate surface area is 124 Å². The number of aryl methyl sites for hydroxylation is 1. The first kappa shape index (κ1) is 17.0. The lowest BCUT2D eigenvalue weighted by molar-refractivity contribution is 0.566. The molecule has 3 heteroatoms. The first-order valence-electron chi connectivity index (χ1n) is 7.88. The third-order valence-electron chi connectivity index (χ3n) is 3.34. The van der Waals surface area contributed by atoms with Crippen LogP contribution in [0.2, 0.25) is 0 Å². The van der Waals surface area contributed by atoms with Crippen LogP contribution in [0.1, 0.15) is 52.3 Å². The second kappa shape index (κ2) is 8.25. The minimum atomic E-state index is 0.504. The lowest BCUT2D eigenvalue weighted by atomic mass is 10.1. The Balaban J connectivity index is 3.00. The van der Waals surface area contributed by atoms with E-state index in [1.165, 1.54) is 11.3 Å². The summed E-state index contributed by atoms with van der Waals surface area (Å²) in [6.07, 6.45) is 3.19. The van der Waals surface area contributed by atoms with E-state index in [9.17, 15) is 0 Å². The number of rotatable bonds is 8. The van der Waals surface area contributed by atoms with Gasteiger partial charge in [0.05, 0.1) is 0 Å². The average Bonchev–Trinajstić information content (AvgIpc) is 2.37. The molecule has 0 aliphatic carbocycles. The van der Waals surface area contributed by atoms with Crippen LogP contribution in [0, 0.1) is 12.8 Å². The molecule has 1 N–H and O–H groups in total. The molecule has 0 amide bonds. The van der Waals surface area contributed by atoms with E-state index in [0.717, 1.165) is 31.7 Å². The van der Waals surface area contributed by atoms with Gasteiger partial charge in [-0.1, -0.05) is 20.8 Å². The van der Waals surface area contributed by atoms with E-state index in [1.54, 1.807) is 0 Å². The summed E-state index contributed by atoms with van der Waals surface area (Å²) in [6, 6.07) is 2.73. The van der Waals surface area contributed by atoms with Gasteiger partial charge < -0.3 is 10.2 Å². The zero-order valence-corrected chi connectivity index (χ0v) is 14.0. The Morgan fingerprint density at radius 1 is 1.25 bits per heavy atom. The van der Waals surface area contributed by atoms with E-state index in [2.05, 4.69) is 62.8 Å². The minimum Gasteiger partial charge on any atom is -0.368 e. The summed E-state index contributed by atoms with van der Waals surface area (Å²) < 4.78 is 0. The van der Waals surface area contributed by atoms with Crippen LogP contribution < -0.4 is 10.2 Å². The van der Waals surface area contributed by atoms with E-state index in [4.69, 9.17) is 0 Å². The summed E-state index contributed by atoms with van der Waals surface area (Å²) >= 11 is 0. The largest absolute Gasteiger partial charge is 0.368 e. The second-order valence-electron chi connectivity index (χ2n) is 6.27. The molecule has 0 unspecified atom stereocenters. The summed E-state index contributed by atoms with van der Waals surface area (Å²) in [4.78, 5) is 6.98. The van der Waals surface area contributed by atoms with Gasteiger partial charge in [0.1, 0.15) is 0 Å². The average molecular weight is 277 g/mol. The van der Waals surface area contributed by atoms with Crippen molar-refractivity contribution in [3.8, 4) is 0 Å². The van der Waals surface area contributed by atoms with Gasteiger partial charge in [0, 0.05) is 42.3 Å². The maximum Gasteiger partial charge on any atom is 0.0447 e. The molecule has 0 spiro atoms. The Hall–Kier alpha value is -1.09. The predicted octanol–water partition coefficient (Wildman–Crippen LogP) is 3.76. The minimum absolute atomic E-state index is 0.504. The highest BCUT2D eigenvalue weighted by atomic mass is 15.2. The fourth-order valence-electron chi connectivity index (χ4n) is 2.36. The summed E-state index contributed by atoms with van der Waals surface area (Å²) in [7, 11) is 0. The number of aromatic nitrogens is 1. The van der Waals surface area contributed by atoms with Gasteiger partial charge in [-0.05, 0) is 45.7 Å². The van der Waals surface area contributed by atoms with E-state index in [0.29, 0.717) is 12.0 Å². The molecule has 1 rings (SSSR count). The zero-order valence-electron chi connectivity index (χ0n) is 14.0. The highest BCUT2D eigenvalue weighted by molar-refractivity contribution is 5.54. The van der Waals surface area contributed by atoms with Crippen LogP contribution in [0.5, 0.6) is 0 Å². The van der Waals surface area contributed by atoms with Gasteiger partial charge in [0.15, 0.2) is 0 Å². The Morgan fingerprint density at radius 2 is 1.95 bits per heavy atom. The molecule has 0 aliphatic rings. The summed E-state index contributed by atoms with van der Waals surface area (Å²) in [5.74, 6) is 0.655. The van der Waals surface area contributed by atoms with E-state index < -0.39 is 0 Å². The van der Waals surface area contributed by atoms with Crippen molar-refractivity contribution in [3.63, 3.8) is 0 Å². The Bertz CT molecular complexity index is 399. The van der Waals surface area contributed by atoms with Crippen molar-refractivity contribution in [2.45, 2.75) is 60.5 Å². The molecule has 0 fully saturated rings. The van der Waals surface area contributed by atoms with Crippen LogP contribution in [-0.2, 0) is 6.54 Å². The summed E-state index contributed by atoms with van der Waals surface area (Å²) in [5.41, 5.74) is 3.73. The van der Waals surface area contributed by atoms with Crippen molar-refractivity contribution < 1.29 is 0 Å². The molecule has 3 nitrogen and oxygen atoms in total. The molecule has 0 atom stereocenters. The third-order valence-corrected chi connectivity index (χ3v) is 3.34. The van der Waals surface area contributed by atoms with Gasteiger partial charge >= 0.3 is 0 Å². The Morgan fingerprint density at radius 3 is 2.50 bits per heavy atom. The summed E-state index contributed by atoms with van der Waals surface area (Å²) in [6.45, 7) is 16.4. The molecular weight excluding hydrogens is 246 g/mol. The molecule has 1 aromatic rings.